The third kappa shape index (κ3) is 8.74. The number of carbonyl (C=O) groups excluding carboxylic acids is 1. The molecule has 3 N–H and O–H groups in total. The lowest BCUT2D eigenvalue weighted by molar-refractivity contribution is 0.0537. The van der Waals surface area contributed by atoms with Gasteiger partial charge in [-0.15, -0.1) is 0 Å². The fourth-order valence-electron chi connectivity index (χ4n) is 4.86. The van der Waals surface area contributed by atoms with Gasteiger partial charge in [-0.25, -0.2) is 5.48 Å². The minimum absolute atomic E-state index is 0.161. The molecule has 3 rings (SSSR count). The zero-order valence-electron chi connectivity index (χ0n) is 24.0. The Morgan fingerprint density at radius 3 is 2.45 bits per heavy atom. The van der Waals surface area contributed by atoms with Gasteiger partial charge in [-0.2, -0.15) is 0 Å². The Morgan fingerprint density at radius 2 is 1.87 bits per heavy atom. The number of amides is 1. The number of allylic oxidation sites excluding steroid dienone is 2. The first-order valence-corrected chi connectivity index (χ1v) is 13.6. The van der Waals surface area contributed by atoms with Crippen molar-refractivity contribution < 1.29 is 14.4 Å². The Hall–Kier alpha value is -3.10. The maximum absolute atomic E-state index is 12.2. The van der Waals surface area contributed by atoms with E-state index >= 15 is 0 Å². The van der Waals surface area contributed by atoms with Crippen LogP contribution in [0.25, 0.3) is 0 Å². The molecule has 0 saturated heterocycles. The van der Waals surface area contributed by atoms with E-state index < -0.39 is 0 Å². The van der Waals surface area contributed by atoms with Crippen LogP contribution < -0.4 is 20.9 Å². The molecule has 2 unspecified atom stereocenters. The van der Waals surface area contributed by atoms with E-state index in [1.165, 1.54) is 18.4 Å². The maximum Gasteiger partial charge on any atom is 0.274 e. The molecule has 0 saturated carbocycles. The molecule has 0 bridgehead atoms. The fraction of sp³-hybridized carbons (Fsp3) is 0.533. The molecule has 208 valence electrons. The first kappa shape index (κ1) is 29.5. The lowest BCUT2D eigenvalue weighted by Gasteiger charge is -2.34. The maximum atomic E-state index is 12.2. The lowest BCUT2D eigenvalue weighted by Crippen LogP contribution is -2.46. The summed E-state index contributed by atoms with van der Waals surface area (Å²) < 4.78 is 5.37. The Labute approximate surface area is 228 Å². The van der Waals surface area contributed by atoms with Gasteiger partial charge >= 0.3 is 0 Å². The number of aliphatic imine (C=N–C) groups is 1. The van der Waals surface area contributed by atoms with Crippen LogP contribution in [-0.2, 0) is 11.3 Å². The molecule has 0 aromatic heterocycles. The second-order valence-corrected chi connectivity index (χ2v) is 11.0. The summed E-state index contributed by atoms with van der Waals surface area (Å²) in [4.78, 5) is 24.2. The number of nitrogens with zero attached hydrogens (tertiary/aromatic N) is 2. The van der Waals surface area contributed by atoms with Crippen molar-refractivity contribution in [2.24, 2.45) is 16.8 Å². The predicted octanol–water partition coefficient (Wildman–Crippen LogP) is 4.57. The summed E-state index contributed by atoms with van der Waals surface area (Å²) in [6.45, 7) is 13.5. The van der Waals surface area contributed by atoms with Gasteiger partial charge in [0.25, 0.3) is 5.91 Å². The molecule has 38 heavy (non-hydrogen) atoms. The predicted molar refractivity (Wildman–Crippen MR) is 154 cm³/mol. The van der Waals surface area contributed by atoms with Crippen LogP contribution in [0.5, 0.6) is 5.75 Å². The SMILES string of the molecule is CONC(=O)c1cc(CCC2=CNC(NC3C=CC(N(CC(C)C)CC(C)C)=C(C)C3)N=C2)cc(OC)c1. The summed E-state index contributed by atoms with van der Waals surface area (Å²) in [5, 5.41) is 6.99. The number of hydrogen-bond donors (Lipinski definition) is 3. The third-order valence-electron chi connectivity index (χ3n) is 6.51. The molecular formula is C30H45N5O3. The molecule has 8 nitrogen and oxygen atoms in total. The zero-order chi connectivity index (χ0) is 27.7. The Bertz CT molecular complexity index is 1060. The Balaban J connectivity index is 1.53. The minimum atomic E-state index is -0.303. The summed E-state index contributed by atoms with van der Waals surface area (Å²) in [6, 6.07) is 5.74. The standard InChI is InChI=1S/C30H45N5O3/c1-20(2)18-35(19-21(3)4)28-11-10-26(12-22(28)5)33-30-31-16-24(17-32-30)9-8-23-13-25(29(36)34-38-7)15-27(14-23)37-6/h10-11,13-17,20-21,26,30-31,33H,8-9,12,18-19H2,1-7H3,(H,34,36). The van der Waals surface area contributed by atoms with Crippen LogP contribution in [0, 0.1) is 11.8 Å². The van der Waals surface area contributed by atoms with Crippen molar-refractivity contribution >= 4 is 12.1 Å². The van der Waals surface area contributed by atoms with Gasteiger partial charge in [0, 0.05) is 42.8 Å². The van der Waals surface area contributed by atoms with Crippen LogP contribution in [0.15, 0.2) is 58.4 Å². The second kappa shape index (κ2) is 14.2. The lowest BCUT2D eigenvalue weighted by atomic mass is 9.97. The molecule has 2 atom stereocenters. The molecule has 1 aromatic rings. The summed E-state index contributed by atoms with van der Waals surface area (Å²) in [5.41, 5.74) is 7.75. The number of hydroxylamine groups is 1. The van der Waals surface area contributed by atoms with Gasteiger partial charge in [0.05, 0.1) is 14.2 Å². The van der Waals surface area contributed by atoms with Gasteiger partial charge < -0.3 is 15.0 Å². The number of methoxy groups -OCH3 is 1. The van der Waals surface area contributed by atoms with Crippen molar-refractivity contribution in [2.75, 3.05) is 27.3 Å². The van der Waals surface area contributed by atoms with Crippen LogP contribution in [-0.4, -0.2) is 56.7 Å². The highest BCUT2D eigenvalue weighted by atomic mass is 16.6. The van der Waals surface area contributed by atoms with Crippen molar-refractivity contribution in [1.82, 2.24) is 21.0 Å². The van der Waals surface area contributed by atoms with E-state index in [1.54, 1.807) is 13.2 Å². The molecule has 1 aromatic carbocycles. The minimum Gasteiger partial charge on any atom is -0.497 e. The fourth-order valence-corrected chi connectivity index (χ4v) is 4.86. The first-order valence-electron chi connectivity index (χ1n) is 13.6. The monoisotopic (exact) mass is 523 g/mol. The van der Waals surface area contributed by atoms with E-state index in [-0.39, 0.29) is 18.2 Å². The highest BCUT2D eigenvalue weighted by Gasteiger charge is 2.21. The second-order valence-electron chi connectivity index (χ2n) is 11.0. The number of carbonyl (C=O) groups is 1. The molecule has 2 aliphatic rings. The molecule has 1 aliphatic heterocycles. The van der Waals surface area contributed by atoms with E-state index in [9.17, 15) is 4.79 Å². The van der Waals surface area contributed by atoms with Crippen molar-refractivity contribution in [2.45, 2.75) is 66.2 Å². The van der Waals surface area contributed by atoms with E-state index in [2.05, 4.69) is 67.8 Å². The van der Waals surface area contributed by atoms with Crippen molar-refractivity contribution in [3.05, 3.63) is 64.5 Å². The average molecular weight is 524 g/mol. The molecular weight excluding hydrogens is 478 g/mol. The van der Waals surface area contributed by atoms with Crippen LogP contribution in [0.1, 0.15) is 63.4 Å². The molecule has 0 spiro atoms. The normalized spacial score (nSPS) is 19.0. The number of hydrogen-bond acceptors (Lipinski definition) is 7. The van der Waals surface area contributed by atoms with Crippen LogP contribution in [0.2, 0.25) is 0 Å². The highest BCUT2D eigenvalue weighted by Crippen LogP contribution is 2.25. The van der Waals surface area contributed by atoms with Gasteiger partial charge in [-0.1, -0.05) is 33.8 Å². The van der Waals surface area contributed by atoms with E-state index in [1.807, 2.05) is 24.5 Å². The van der Waals surface area contributed by atoms with Crippen LogP contribution in [0.3, 0.4) is 0 Å². The quantitative estimate of drug-likeness (QED) is 0.329. The largest absolute Gasteiger partial charge is 0.497 e. The topological polar surface area (TPSA) is 87.2 Å². The molecule has 1 heterocycles. The van der Waals surface area contributed by atoms with Crippen LogP contribution in [0.4, 0.5) is 0 Å². The smallest absolute Gasteiger partial charge is 0.274 e. The molecule has 1 aliphatic carbocycles. The summed E-state index contributed by atoms with van der Waals surface area (Å²) >= 11 is 0. The Morgan fingerprint density at radius 1 is 1.13 bits per heavy atom. The van der Waals surface area contributed by atoms with E-state index in [4.69, 9.17) is 14.6 Å². The summed E-state index contributed by atoms with van der Waals surface area (Å²) in [5.74, 6) is 1.59. The zero-order valence-corrected chi connectivity index (χ0v) is 24.0. The average Bonchev–Trinajstić information content (AvgIpc) is 2.87. The third-order valence-corrected chi connectivity index (χ3v) is 6.51. The van der Waals surface area contributed by atoms with E-state index in [0.717, 1.165) is 43.5 Å². The van der Waals surface area contributed by atoms with Gasteiger partial charge in [-0.3, -0.25) is 19.9 Å². The molecule has 8 heteroatoms. The summed E-state index contributed by atoms with van der Waals surface area (Å²) in [6.07, 6.45) is 10.9. The van der Waals surface area contributed by atoms with Gasteiger partial charge in [0.15, 0.2) is 6.29 Å². The van der Waals surface area contributed by atoms with Crippen molar-refractivity contribution in [3.8, 4) is 5.75 Å². The van der Waals surface area contributed by atoms with Crippen molar-refractivity contribution in [1.29, 1.82) is 0 Å². The number of benzene rings is 1. The van der Waals surface area contributed by atoms with Crippen molar-refractivity contribution in [3.63, 3.8) is 0 Å². The van der Waals surface area contributed by atoms with Gasteiger partial charge in [0.2, 0.25) is 0 Å². The first-order chi connectivity index (χ1) is 18.2. The van der Waals surface area contributed by atoms with Crippen LogP contribution >= 0.6 is 0 Å². The molecule has 1 amide bonds. The number of nitrogens with one attached hydrogen (secondary N) is 3. The molecule has 0 fully saturated rings. The van der Waals surface area contributed by atoms with Gasteiger partial charge in [-0.05, 0) is 79.0 Å². The summed E-state index contributed by atoms with van der Waals surface area (Å²) in [7, 11) is 3.01. The number of ether oxygens (including phenoxy) is 1. The van der Waals surface area contributed by atoms with Gasteiger partial charge in [0.1, 0.15) is 5.75 Å². The van der Waals surface area contributed by atoms with E-state index in [0.29, 0.717) is 23.1 Å². The molecule has 0 radical (unpaired) electrons. The number of aryl methyl sites for hydroxylation is 1. The number of rotatable bonds is 13. The highest BCUT2D eigenvalue weighted by molar-refractivity contribution is 5.94. The Kier molecular flexibility index (Phi) is 11.0.